The Morgan fingerprint density at radius 1 is 1.10 bits per heavy atom. The maximum Gasteiger partial charge on any atom is 0.335 e. The lowest BCUT2D eigenvalue weighted by molar-refractivity contribution is -0.124. The lowest BCUT2D eigenvalue weighted by Gasteiger charge is -2.12. The monoisotopic (exact) mass is 289 g/mol. The summed E-state index contributed by atoms with van der Waals surface area (Å²) in [7, 11) is 0. The zero-order valence-corrected chi connectivity index (χ0v) is 10.8. The number of benzene rings is 2. The van der Waals surface area contributed by atoms with Gasteiger partial charge in [-0.05, 0) is 23.8 Å². The molecular formula is C15H12FNO4. The molecule has 5 nitrogen and oxygen atoms in total. The molecule has 0 radical (unpaired) electrons. The van der Waals surface area contributed by atoms with E-state index in [1.807, 2.05) is 0 Å². The number of anilines is 1. The van der Waals surface area contributed by atoms with E-state index in [1.165, 1.54) is 0 Å². The average Bonchev–Trinajstić information content (AvgIpc) is 2.49. The largest absolute Gasteiger partial charge is 0.478 e. The Hall–Kier alpha value is -2.73. The average molecular weight is 289 g/mol. The van der Waals surface area contributed by atoms with Crippen molar-refractivity contribution in [1.82, 2.24) is 0 Å². The van der Waals surface area contributed by atoms with Crippen LogP contribution in [0.1, 0.15) is 22.0 Å². The summed E-state index contributed by atoms with van der Waals surface area (Å²) < 4.78 is 13.6. The van der Waals surface area contributed by atoms with Crippen LogP contribution in [0.25, 0.3) is 0 Å². The van der Waals surface area contributed by atoms with Crippen molar-refractivity contribution in [2.75, 3.05) is 5.32 Å². The first-order valence-corrected chi connectivity index (χ1v) is 6.06. The summed E-state index contributed by atoms with van der Waals surface area (Å²) in [5.74, 6) is -2.87. The Kier molecular flexibility index (Phi) is 4.30. The Bertz CT molecular complexity index is 673. The van der Waals surface area contributed by atoms with Gasteiger partial charge in [0.2, 0.25) is 0 Å². The highest BCUT2D eigenvalue weighted by molar-refractivity contribution is 5.96. The molecule has 0 aliphatic heterocycles. The van der Waals surface area contributed by atoms with Crippen molar-refractivity contribution in [2.24, 2.45) is 0 Å². The number of nitrogens with one attached hydrogen (secondary N) is 1. The number of aliphatic hydroxyl groups is 1. The predicted octanol–water partition coefficient (Wildman–Crippen LogP) is 2.20. The molecule has 0 heterocycles. The van der Waals surface area contributed by atoms with Crippen molar-refractivity contribution in [3.63, 3.8) is 0 Å². The van der Waals surface area contributed by atoms with Crippen molar-refractivity contribution in [3.8, 4) is 0 Å². The Morgan fingerprint density at radius 2 is 1.76 bits per heavy atom. The van der Waals surface area contributed by atoms with Crippen LogP contribution in [-0.4, -0.2) is 22.1 Å². The van der Waals surface area contributed by atoms with Gasteiger partial charge in [0.05, 0.1) is 11.3 Å². The van der Waals surface area contributed by atoms with Crippen LogP contribution >= 0.6 is 0 Å². The van der Waals surface area contributed by atoms with Gasteiger partial charge < -0.3 is 15.5 Å². The van der Waals surface area contributed by atoms with Gasteiger partial charge in [0.25, 0.3) is 5.91 Å². The van der Waals surface area contributed by atoms with Gasteiger partial charge in [-0.25, -0.2) is 9.18 Å². The van der Waals surface area contributed by atoms with Gasteiger partial charge in [-0.2, -0.15) is 0 Å². The molecule has 2 rings (SSSR count). The second-order valence-electron chi connectivity index (χ2n) is 4.30. The number of aliphatic hydroxyl groups excluding tert-OH is 1. The number of halogens is 1. The molecule has 0 fully saturated rings. The molecule has 2 aromatic carbocycles. The molecule has 0 aromatic heterocycles. The van der Waals surface area contributed by atoms with Gasteiger partial charge in [0.15, 0.2) is 6.10 Å². The van der Waals surface area contributed by atoms with Gasteiger partial charge in [-0.1, -0.05) is 30.3 Å². The molecule has 6 heteroatoms. The lowest BCUT2D eigenvalue weighted by Crippen LogP contribution is -2.21. The molecule has 0 spiro atoms. The van der Waals surface area contributed by atoms with E-state index >= 15 is 0 Å². The molecule has 0 bridgehead atoms. The van der Waals surface area contributed by atoms with E-state index in [0.29, 0.717) is 5.56 Å². The topological polar surface area (TPSA) is 86.6 Å². The van der Waals surface area contributed by atoms with Crippen molar-refractivity contribution >= 4 is 17.6 Å². The lowest BCUT2D eigenvalue weighted by atomic mass is 10.1. The van der Waals surface area contributed by atoms with Gasteiger partial charge in [-0.3, -0.25) is 4.79 Å². The molecule has 1 unspecified atom stereocenters. The summed E-state index contributed by atoms with van der Waals surface area (Å²) in [6.07, 6.45) is -1.47. The number of rotatable bonds is 4. The zero-order valence-electron chi connectivity index (χ0n) is 10.8. The number of carboxylic acids is 1. The van der Waals surface area contributed by atoms with Crippen molar-refractivity contribution in [3.05, 3.63) is 65.5 Å². The first-order valence-electron chi connectivity index (χ1n) is 6.06. The van der Waals surface area contributed by atoms with E-state index in [9.17, 15) is 19.1 Å². The van der Waals surface area contributed by atoms with E-state index < -0.39 is 23.8 Å². The number of hydrogen-bond acceptors (Lipinski definition) is 3. The maximum atomic E-state index is 13.6. The number of carboxylic acid groups (broad SMARTS) is 1. The number of carbonyl (C=O) groups excluding carboxylic acids is 1. The van der Waals surface area contributed by atoms with Crippen LogP contribution in [0, 0.1) is 5.82 Å². The minimum atomic E-state index is -1.47. The van der Waals surface area contributed by atoms with Crippen LogP contribution in [0.15, 0.2) is 48.5 Å². The van der Waals surface area contributed by atoms with E-state index in [4.69, 9.17) is 5.11 Å². The van der Waals surface area contributed by atoms with Crippen LogP contribution in [0.4, 0.5) is 10.1 Å². The molecule has 0 aliphatic rings. The molecule has 108 valence electrons. The predicted molar refractivity (Wildman–Crippen MR) is 73.4 cm³/mol. The number of amides is 1. The quantitative estimate of drug-likeness (QED) is 0.805. The molecule has 0 aliphatic carbocycles. The number of aromatic carboxylic acids is 1. The Morgan fingerprint density at radius 3 is 2.38 bits per heavy atom. The van der Waals surface area contributed by atoms with Crippen LogP contribution in [0.5, 0.6) is 0 Å². The van der Waals surface area contributed by atoms with Gasteiger partial charge >= 0.3 is 5.97 Å². The first kappa shape index (κ1) is 14.7. The molecular weight excluding hydrogens is 277 g/mol. The highest BCUT2D eigenvalue weighted by Gasteiger charge is 2.19. The fraction of sp³-hybridized carbons (Fsp3) is 0.0667. The third kappa shape index (κ3) is 3.43. The summed E-state index contributed by atoms with van der Waals surface area (Å²) in [5, 5.41) is 20.9. The van der Waals surface area contributed by atoms with E-state index in [1.54, 1.807) is 30.3 Å². The molecule has 21 heavy (non-hydrogen) atoms. The summed E-state index contributed by atoms with van der Waals surface area (Å²) in [5.41, 5.74) is -0.111. The number of hydrogen-bond donors (Lipinski definition) is 3. The third-order valence-corrected chi connectivity index (χ3v) is 2.83. The van der Waals surface area contributed by atoms with Crippen LogP contribution in [-0.2, 0) is 4.79 Å². The fourth-order valence-corrected chi connectivity index (χ4v) is 1.74. The second kappa shape index (κ2) is 6.15. The highest BCUT2D eigenvalue weighted by atomic mass is 19.1. The fourth-order valence-electron chi connectivity index (χ4n) is 1.74. The van der Waals surface area contributed by atoms with Gasteiger partial charge in [-0.15, -0.1) is 0 Å². The summed E-state index contributed by atoms with van der Waals surface area (Å²) in [6.45, 7) is 0. The van der Waals surface area contributed by atoms with Crippen molar-refractivity contribution < 1.29 is 24.2 Å². The maximum absolute atomic E-state index is 13.6. The van der Waals surface area contributed by atoms with Crippen LogP contribution < -0.4 is 5.32 Å². The number of carbonyl (C=O) groups is 2. The Labute approximate surface area is 119 Å². The van der Waals surface area contributed by atoms with Crippen molar-refractivity contribution in [2.45, 2.75) is 6.10 Å². The third-order valence-electron chi connectivity index (χ3n) is 2.83. The van der Waals surface area contributed by atoms with Gasteiger partial charge in [0.1, 0.15) is 5.82 Å². The second-order valence-corrected chi connectivity index (χ2v) is 4.30. The van der Waals surface area contributed by atoms with Crippen LogP contribution in [0.3, 0.4) is 0 Å². The van der Waals surface area contributed by atoms with Crippen molar-refractivity contribution in [1.29, 1.82) is 0 Å². The van der Waals surface area contributed by atoms with Crippen LogP contribution in [0.2, 0.25) is 0 Å². The molecule has 0 saturated carbocycles. The van der Waals surface area contributed by atoms with E-state index in [2.05, 4.69) is 5.32 Å². The van der Waals surface area contributed by atoms with Gasteiger partial charge in [0, 0.05) is 0 Å². The highest BCUT2D eigenvalue weighted by Crippen LogP contribution is 2.19. The van der Waals surface area contributed by atoms with E-state index in [0.717, 1.165) is 18.2 Å². The zero-order chi connectivity index (χ0) is 15.4. The first-order chi connectivity index (χ1) is 9.99. The molecule has 1 atom stereocenters. The summed E-state index contributed by atoms with van der Waals surface area (Å²) >= 11 is 0. The SMILES string of the molecule is O=C(O)c1ccc(F)c(NC(=O)C(O)c2ccccc2)c1. The summed E-state index contributed by atoms with van der Waals surface area (Å²) in [6, 6.07) is 11.1. The smallest absolute Gasteiger partial charge is 0.335 e. The minimum Gasteiger partial charge on any atom is -0.478 e. The van der Waals surface area contributed by atoms with E-state index in [-0.39, 0.29) is 11.3 Å². The summed E-state index contributed by atoms with van der Waals surface area (Å²) in [4.78, 5) is 22.7. The molecule has 0 saturated heterocycles. The minimum absolute atomic E-state index is 0.166. The molecule has 2 aromatic rings. The normalized spacial score (nSPS) is 11.7. The standard InChI is InChI=1S/C15H12FNO4/c16-11-7-6-10(15(20)21)8-12(11)17-14(19)13(18)9-4-2-1-3-5-9/h1-8,13,18H,(H,17,19)(H,20,21). The molecule has 1 amide bonds. The Balaban J connectivity index is 2.20. The molecule has 3 N–H and O–H groups in total.